The molecule has 1 N–H and O–H groups in total. The fourth-order valence-electron chi connectivity index (χ4n) is 3.61. The largest absolute Gasteiger partial charge is 0.352 e. The molecule has 146 valence electrons. The van der Waals surface area contributed by atoms with Crippen molar-refractivity contribution >= 4 is 15.7 Å². The Labute approximate surface area is 158 Å². The van der Waals surface area contributed by atoms with E-state index in [0.717, 1.165) is 19.3 Å². The molecule has 2 aromatic rings. The minimum absolute atomic E-state index is 0.0144. The van der Waals surface area contributed by atoms with E-state index in [2.05, 4.69) is 24.1 Å². The van der Waals surface area contributed by atoms with Crippen LogP contribution in [0.2, 0.25) is 0 Å². The van der Waals surface area contributed by atoms with Gasteiger partial charge in [0.15, 0.2) is 0 Å². The summed E-state index contributed by atoms with van der Waals surface area (Å²) in [7, 11) is -3.97. The molecule has 1 aliphatic rings. The Balaban J connectivity index is 1.76. The number of aromatic nitrogens is 2. The minimum atomic E-state index is -3.97. The Kier molecular flexibility index (Phi) is 5.64. The lowest BCUT2D eigenvalue weighted by molar-refractivity contribution is -0.120. The quantitative estimate of drug-likeness (QED) is 0.847. The Morgan fingerprint density at radius 1 is 1.33 bits per heavy atom. The van der Waals surface area contributed by atoms with Crippen LogP contribution in [0, 0.1) is 17.7 Å². The van der Waals surface area contributed by atoms with E-state index in [1.165, 1.54) is 35.2 Å². The van der Waals surface area contributed by atoms with E-state index in [-0.39, 0.29) is 11.2 Å². The van der Waals surface area contributed by atoms with Crippen molar-refractivity contribution < 1.29 is 17.6 Å². The van der Waals surface area contributed by atoms with E-state index in [1.807, 2.05) is 0 Å². The number of halogens is 1. The zero-order valence-electron chi connectivity index (χ0n) is 15.4. The molecule has 3 atom stereocenters. The maximum absolute atomic E-state index is 13.5. The van der Waals surface area contributed by atoms with Gasteiger partial charge in [0.25, 0.3) is 0 Å². The molecular weight excluding hydrogens is 369 g/mol. The first-order chi connectivity index (χ1) is 12.8. The lowest BCUT2D eigenvalue weighted by atomic mass is 9.78. The summed E-state index contributed by atoms with van der Waals surface area (Å²) in [5, 5.41) is 2.60. The first-order valence-corrected chi connectivity index (χ1v) is 10.7. The number of sulfone groups is 1. The topological polar surface area (TPSA) is 81.1 Å². The van der Waals surface area contributed by atoms with Crippen molar-refractivity contribution in [3.8, 4) is 5.69 Å². The third-order valence-electron chi connectivity index (χ3n) is 5.35. The van der Waals surface area contributed by atoms with Gasteiger partial charge in [0.2, 0.25) is 20.9 Å². The third kappa shape index (κ3) is 4.37. The predicted molar refractivity (Wildman–Crippen MR) is 99.7 cm³/mol. The number of carbonyl (C=O) groups is 1. The second-order valence-electron chi connectivity index (χ2n) is 7.26. The molecule has 1 saturated carbocycles. The molecule has 3 rings (SSSR count). The van der Waals surface area contributed by atoms with Gasteiger partial charge in [0, 0.05) is 18.4 Å². The highest BCUT2D eigenvalue weighted by Crippen LogP contribution is 2.29. The van der Waals surface area contributed by atoms with Crippen LogP contribution in [0.5, 0.6) is 0 Å². The van der Waals surface area contributed by atoms with Gasteiger partial charge < -0.3 is 5.32 Å². The Morgan fingerprint density at radius 3 is 2.85 bits per heavy atom. The molecule has 3 unspecified atom stereocenters. The molecule has 1 aromatic carbocycles. The fraction of sp³-hybridized carbons (Fsp3) is 0.474. The van der Waals surface area contributed by atoms with Crippen LogP contribution in [-0.2, 0) is 14.6 Å². The van der Waals surface area contributed by atoms with Gasteiger partial charge in [0.1, 0.15) is 11.6 Å². The summed E-state index contributed by atoms with van der Waals surface area (Å²) in [6.45, 7) is 4.23. The monoisotopic (exact) mass is 393 g/mol. The van der Waals surface area contributed by atoms with E-state index in [4.69, 9.17) is 0 Å². The van der Waals surface area contributed by atoms with Crippen LogP contribution < -0.4 is 5.32 Å². The first kappa shape index (κ1) is 19.5. The van der Waals surface area contributed by atoms with Crippen molar-refractivity contribution in [2.45, 2.75) is 44.3 Å². The molecule has 1 fully saturated rings. The van der Waals surface area contributed by atoms with Gasteiger partial charge >= 0.3 is 0 Å². The van der Waals surface area contributed by atoms with Crippen LogP contribution in [0.25, 0.3) is 5.69 Å². The second-order valence-corrected chi connectivity index (χ2v) is 9.14. The summed E-state index contributed by atoms with van der Waals surface area (Å²) >= 11 is 0. The van der Waals surface area contributed by atoms with Crippen LogP contribution in [0.15, 0.2) is 41.8 Å². The average molecular weight is 393 g/mol. The normalized spacial score (nSPS) is 23.1. The molecule has 27 heavy (non-hydrogen) atoms. The highest BCUT2D eigenvalue weighted by Gasteiger charge is 2.31. The standard InChI is InChI=1S/C19H24FN3O3S/c1-13-5-3-8-17(14(13)2)22-18(24)12-27(25,26)19-21-9-10-23(19)16-7-4-6-15(20)11-16/h4,6-7,9-11,13-14,17H,3,5,8,12H2,1-2H3,(H,22,24). The number of benzene rings is 1. The van der Waals surface area contributed by atoms with E-state index >= 15 is 0 Å². The molecule has 0 aliphatic heterocycles. The number of hydrogen-bond acceptors (Lipinski definition) is 4. The van der Waals surface area contributed by atoms with Crippen LogP contribution in [-0.4, -0.2) is 35.7 Å². The predicted octanol–water partition coefficient (Wildman–Crippen LogP) is 2.73. The molecule has 0 bridgehead atoms. The van der Waals surface area contributed by atoms with E-state index in [9.17, 15) is 17.6 Å². The zero-order valence-corrected chi connectivity index (χ0v) is 16.2. The van der Waals surface area contributed by atoms with Gasteiger partial charge in [-0.3, -0.25) is 9.36 Å². The summed E-state index contributed by atoms with van der Waals surface area (Å²) in [6.07, 6.45) is 5.75. The molecule has 1 aliphatic carbocycles. The Hall–Kier alpha value is -2.22. The molecule has 1 heterocycles. The summed E-state index contributed by atoms with van der Waals surface area (Å²) in [4.78, 5) is 16.3. The second kappa shape index (κ2) is 7.80. The van der Waals surface area contributed by atoms with Crippen molar-refractivity contribution in [2.75, 3.05) is 5.75 Å². The smallest absolute Gasteiger partial charge is 0.235 e. The van der Waals surface area contributed by atoms with Crippen molar-refractivity contribution in [2.24, 2.45) is 11.8 Å². The number of imidazole rings is 1. The van der Waals surface area contributed by atoms with Crippen molar-refractivity contribution in [1.29, 1.82) is 0 Å². The average Bonchev–Trinajstić information content (AvgIpc) is 3.09. The van der Waals surface area contributed by atoms with Crippen LogP contribution in [0.3, 0.4) is 0 Å². The third-order valence-corrected chi connectivity index (χ3v) is 6.85. The molecule has 0 saturated heterocycles. The van der Waals surface area contributed by atoms with Gasteiger partial charge in [0.05, 0.1) is 5.69 Å². The zero-order chi connectivity index (χ0) is 19.6. The van der Waals surface area contributed by atoms with Gasteiger partial charge in [-0.25, -0.2) is 17.8 Å². The van der Waals surface area contributed by atoms with Crippen molar-refractivity contribution in [3.63, 3.8) is 0 Å². The summed E-state index contributed by atoms with van der Waals surface area (Å²) in [6, 6.07) is 5.54. The van der Waals surface area contributed by atoms with Crippen LogP contribution >= 0.6 is 0 Å². The van der Waals surface area contributed by atoms with Crippen LogP contribution in [0.4, 0.5) is 4.39 Å². The molecular formula is C19H24FN3O3S. The van der Waals surface area contributed by atoms with Crippen molar-refractivity contribution in [3.05, 3.63) is 42.5 Å². The highest BCUT2D eigenvalue weighted by molar-refractivity contribution is 7.92. The minimum Gasteiger partial charge on any atom is -0.352 e. The molecule has 6 nitrogen and oxygen atoms in total. The lowest BCUT2D eigenvalue weighted by Gasteiger charge is -2.34. The van der Waals surface area contributed by atoms with E-state index in [0.29, 0.717) is 17.5 Å². The summed E-state index contributed by atoms with van der Waals surface area (Å²) < 4.78 is 40.2. The van der Waals surface area contributed by atoms with Gasteiger partial charge in [-0.1, -0.05) is 32.8 Å². The Morgan fingerprint density at radius 2 is 2.11 bits per heavy atom. The number of rotatable bonds is 5. The van der Waals surface area contributed by atoms with Crippen LogP contribution in [0.1, 0.15) is 33.1 Å². The first-order valence-electron chi connectivity index (χ1n) is 9.09. The lowest BCUT2D eigenvalue weighted by Crippen LogP contribution is -2.45. The Bertz CT molecular complexity index is 926. The maximum Gasteiger partial charge on any atom is 0.235 e. The molecule has 0 spiro atoms. The van der Waals surface area contributed by atoms with Crippen molar-refractivity contribution in [1.82, 2.24) is 14.9 Å². The fourth-order valence-corrected chi connectivity index (χ4v) is 4.86. The molecule has 1 aromatic heterocycles. The van der Waals surface area contributed by atoms with Gasteiger partial charge in [-0.2, -0.15) is 0 Å². The number of amides is 1. The highest BCUT2D eigenvalue weighted by atomic mass is 32.2. The SMILES string of the molecule is CC1CCCC(NC(=O)CS(=O)(=O)c2nccn2-c2cccc(F)c2)C1C. The molecule has 0 radical (unpaired) electrons. The molecule has 8 heteroatoms. The number of nitrogens with one attached hydrogen (secondary N) is 1. The number of nitrogens with zero attached hydrogens (tertiary/aromatic N) is 2. The van der Waals surface area contributed by atoms with Gasteiger partial charge in [-0.15, -0.1) is 0 Å². The molecule has 1 amide bonds. The summed E-state index contributed by atoms with van der Waals surface area (Å²) in [5.74, 6) is -0.902. The summed E-state index contributed by atoms with van der Waals surface area (Å²) in [5.41, 5.74) is 0.334. The van der Waals surface area contributed by atoms with Gasteiger partial charge in [-0.05, 0) is 36.5 Å². The number of carbonyl (C=O) groups excluding carboxylic acids is 1. The van der Waals surface area contributed by atoms with E-state index in [1.54, 1.807) is 6.07 Å². The number of hydrogen-bond donors (Lipinski definition) is 1. The maximum atomic E-state index is 13.5. The van der Waals surface area contributed by atoms with E-state index < -0.39 is 27.3 Å².